The fourth-order valence-corrected chi connectivity index (χ4v) is 2.88. The highest BCUT2D eigenvalue weighted by Gasteiger charge is 2.21. The van der Waals surface area contributed by atoms with E-state index in [2.05, 4.69) is 5.32 Å². The Balaban J connectivity index is 2.57. The van der Waals surface area contributed by atoms with Gasteiger partial charge in [0.05, 0.1) is 19.8 Å². The van der Waals surface area contributed by atoms with Gasteiger partial charge in [0.15, 0.2) is 6.10 Å². The maximum Gasteiger partial charge on any atom is 0.333 e. The number of alkyl halides is 2. The standard InChI is InChI=1S/C24H38F2N2O6/c1-5-18(3)27-23(31)28(12-15-32-14-11-24(4,25)26)13-16-34-20-9-7-19(8-10-20)17-21(22(29)30)33-6-2/h7-10,18,21H,5-6,11-17H2,1-4H3,(H,27,31)(H,29,30). The molecule has 10 heteroatoms. The first-order chi connectivity index (χ1) is 16.1. The van der Waals surface area contributed by atoms with E-state index < -0.39 is 18.0 Å². The zero-order valence-corrected chi connectivity index (χ0v) is 20.5. The van der Waals surface area contributed by atoms with Gasteiger partial charge in [-0.2, -0.15) is 0 Å². The van der Waals surface area contributed by atoms with Crippen LogP contribution in [0.1, 0.15) is 46.1 Å². The predicted molar refractivity (Wildman–Crippen MR) is 125 cm³/mol. The molecule has 8 nitrogen and oxygen atoms in total. The van der Waals surface area contributed by atoms with Crippen molar-refractivity contribution in [3.8, 4) is 5.75 Å². The summed E-state index contributed by atoms with van der Waals surface area (Å²) in [6.07, 6.45) is -0.253. The second kappa shape index (κ2) is 15.4. The van der Waals surface area contributed by atoms with Gasteiger partial charge in [0.25, 0.3) is 0 Å². The van der Waals surface area contributed by atoms with Gasteiger partial charge in [0.1, 0.15) is 12.4 Å². The molecule has 1 aromatic carbocycles. The summed E-state index contributed by atoms with van der Waals surface area (Å²) in [6, 6.07) is 6.74. The average Bonchev–Trinajstić information content (AvgIpc) is 2.77. The molecular formula is C24H38F2N2O6. The van der Waals surface area contributed by atoms with Crippen LogP contribution in [0.15, 0.2) is 24.3 Å². The van der Waals surface area contributed by atoms with Gasteiger partial charge in [-0.3, -0.25) is 0 Å². The Morgan fingerprint density at radius 3 is 2.32 bits per heavy atom. The minimum Gasteiger partial charge on any atom is -0.492 e. The number of hydrogen-bond acceptors (Lipinski definition) is 5. The Morgan fingerprint density at radius 1 is 1.12 bits per heavy atom. The fraction of sp³-hybridized carbons (Fsp3) is 0.667. The normalized spacial score (nSPS) is 13.2. The molecular weight excluding hydrogens is 450 g/mol. The van der Waals surface area contributed by atoms with Gasteiger partial charge >= 0.3 is 12.0 Å². The van der Waals surface area contributed by atoms with Crippen LogP contribution in [0.5, 0.6) is 5.75 Å². The molecule has 2 amide bonds. The van der Waals surface area contributed by atoms with Crippen LogP contribution in [0.4, 0.5) is 13.6 Å². The van der Waals surface area contributed by atoms with E-state index in [1.165, 1.54) is 4.90 Å². The van der Waals surface area contributed by atoms with Gasteiger partial charge in [-0.1, -0.05) is 19.1 Å². The molecule has 2 unspecified atom stereocenters. The molecule has 0 aliphatic heterocycles. The summed E-state index contributed by atoms with van der Waals surface area (Å²) < 4.78 is 42.0. The Kier molecular flexibility index (Phi) is 13.4. The molecule has 0 heterocycles. The Hall–Kier alpha value is -2.46. The van der Waals surface area contributed by atoms with Crippen molar-refractivity contribution < 1.29 is 37.7 Å². The summed E-state index contributed by atoms with van der Waals surface area (Å²) >= 11 is 0. The maximum atomic E-state index is 12.9. The molecule has 1 aromatic rings. The first kappa shape index (κ1) is 29.6. The third-order valence-electron chi connectivity index (χ3n) is 5.08. The highest BCUT2D eigenvalue weighted by molar-refractivity contribution is 5.74. The quantitative estimate of drug-likeness (QED) is 0.322. The smallest absolute Gasteiger partial charge is 0.333 e. The number of nitrogens with one attached hydrogen (secondary N) is 1. The number of aliphatic carboxylic acids is 1. The lowest BCUT2D eigenvalue weighted by Crippen LogP contribution is -2.46. The molecule has 0 fully saturated rings. The molecule has 2 atom stereocenters. The van der Waals surface area contributed by atoms with Crippen molar-refractivity contribution in [2.75, 3.05) is 39.5 Å². The molecule has 0 bridgehead atoms. The molecule has 0 aliphatic carbocycles. The lowest BCUT2D eigenvalue weighted by Gasteiger charge is -2.25. The molecule has 2 N–H and O–H groups in total. The summed E-state index contributed by atoms with van der Waals surface area (Å²) in [7, 11) is 0. The molecule has 0 saturated heterocycles. The number of hydrogen-bond donors (Lipinski definition) is 2. The molecule has 1 rings (SSSR count). The number of amides is 2. The second-order valence-corrected chi connectivity index (χ2v) is 8.16. The number of carboxylic acids is 1. The van der Waals surface area contributed by atoms with Crippen LogP contribution >= 0.6 is 0 Å². The van der Waals surface area contributed by atoms with Crippen LogP contribution in [0.2, 0.25) is 0 Å². The van der Waals surface area contributed by atoms with Crippen LogP contribution in [0.3, 0.4) is 0 Å². The minimum atomic E-state index is -2.78. The van der Waals surface area contributed by atoms with Gasteiger partial charge in [-0.05, 0) is 44.9 Å². The van der Waals surface area contributed by atoms with Gasteiger partial charge in [-0.25, -0.2) is 18.4 Å². The predicted octanol–water partition coefficient (Wildman–Crippen LogP) is 3.97. The van der Waals surface area contributed by atoms with Crippen molar-refractivity contribution in [3.63, 3.8) is 0 Å². The molecule has 0 aromatic heterocycles. The monoisotopic (exact) mass is 488 g/mol. The summed E-state index contributed by atoms with van der Waals surface area (Å²) in [4.78, 5) is 25.3. The number of urea groups is 1. The Labute approximate surface area is 200 Å². The average molecular weight is 489 g/mol. The highest BCUT2D eigenvalue weighted by atomic mass is 19.3. The number of halogens is 2. The van der Waals surface area contributed by atoms with E-state index in [1.54, 1.807) is 31.2 Å². The number of rotatable bonds is 17. The van der Waals surface area contributed by atoms with E-state index in [9.17, 15) is 23.5 Å². The highest BCUT2D eigenvalue weighted by Crippen LogP contribution is 2.16. The number of carboxylic acid groups (broad SMARTS) is 1. The van der Waals surface area contributed by atoms with Crippen molar-refractivity contribution in [1.29, 1.82) is 0 Å². The largest absolute Gasteiger partial charge is 0.492 e. The van der Waals surface area contributed by atoms with Gasteiger partial charge in [0.2, 0.25) is 5.92 Å². The van der Waals surface area contributed by atoms with E-state index in [1.807, 2.05) is 13.8 Å². The van der Waals surface area contributed by atoms with E-state index in [0.29, 0.717) is 12.4 Å². The van der Waals surface area contributed by atoms with Crippen LogP contribution in [-0.4, -0.2) is 79.6 Å². The van der Waals surface area contributed by atoms with E-state index in [4.69, 9.17) is 14.2 Å². The SMILES string of the molecule is CCOC(Cc1ccc(OCCN(CCOCCC(C)(F)F)C(=O)NC(C)CC)cc1)C(=O)O. The third-order valence-corrected chi connectivity index (χ3v) is 5.08. The lowest BCUT2D eigenvalue weighted by molar-refractivity contribution is -0.149. The molecule has 194 valence electrons. The van der Waals surface area contributed by atoms with Crippen molar-refractivity contribution in [2.24, 2.45) is 0 Å². The lowest BCUT2D eigenvalue weighted by atomic mass is 10.1. The summed E-state index contributed by atoms with van der Waals surface area (Å²) in [6.45, 7) is 7.56. The second-order valence-electron chi connectivity index (χ2n) is 8.16. The van der Waals surface area contributed by atoms with Crippen LogP contribution in [0, 0.1) is 0 Å². The topological polar surface area (TPSA) is 97.3 Å². The summed E-state index contributed by atoms with van der Waals surface area (Å²) in [5, 5.41) is 12.1. The van der Waals surface area contributed by atoms with Crippen LogP contribution < -0.4 is 10.1 Å². The molecule has 34 heavy (non-hydrogen) atoms. The molecule has 0 saturated carbocycles. The number of carbonyl (C=O) groups is 2. The summed E-state index contributed by atoms with van der Waals surface area (Å²) in [5.41, 5.74) is 0.803. The molecule has 0 radical (unpaired) electrons. The van der Waals surface area contributed by atoms with Crippen LogP contribution in [-0.2, 0) is 20.7 Å². The number of nitrogens with zero attached hydrogens (tertiary/aromatic N) is 1. The first-order valence-corrected chi connectivity index (χ1v) is 11.6. The van der Waals surface area contributed by atoms with E-state index in [0.717, 1.165) is 18.9 Å². The fourth-order valence-electron chi connectivity index (χ4n) is 2.88. The Morgan fingerprint density at radius 2 is 1.76 bits per heavy atom. The van der Waals surface area contributed by atoms with Gasteiger partial charge < -0.3 is 29.5 Å². The zero-order valence-electron chi connectivity index (χ0n) is 20.5. The summed E-state index contributed by atoms with van der Waals surface area (Å²) in [5.74, 6) is -3.21. The number of ether oxygens (including phenoxy) is 3. The van der Waals surface area contributed by atoms with Gasteiger partial charge in [-0.15, -0.1) is 0 Å². The van der Waals surface area contributed by atoms with E-state index in [-0.39, 0.29) is 57.8 Å². The van der Waals surface area contributed by atoms with Crippen molar-refractivity contribution >= 4 is 12.0 Å². The Bertz CT molecular complexity index is 727. The molecule has 0 spiro atoms. The van der Waals surface area contributed by atoms with E-state index >= 15 is 0 Å². The maximum absolute atomic E-state index is 12.9. The van der Waals surface area contributed by atoms with Crippen molar-refractivity contribution in [3.05, 3.63) is 29.8 Å². The number of benzene rings is 1. The van der Waals surface area contributed by atoms with Crippen molar-refractivity contribution in [1.82, 2.24) is 10.2 Å². The first-order valence-electron chi connectivity index (χ1n) is 11.6. The minimum absolute atomic E-state index is 0.00511. The number of carbonyl (C=O) groups excluding carboxylic acids is 1. The molecule has 0 aliphatic rings. The zero-order chi connectivity index (χ0) is 25.6. The third kappa shape index (κ3) is 12.7. The van der Waals surface area contributed by atoms with Gasteiger partial charge in [0, 0.05) is 32.0 Å². The van der Waals surface area contributed by atoms with Crippen molar-refractivity contribution in [2.45, 2.75) is 65.0 Å². The van der Waals surface area contributed by atoms with Crippen LogP contribution in [0.25, 0.3) is 0 Å².